The van der Waals surface area contributed by atoms with Gasteiger partial charge in [-0.1, -0.05) is 50.5 Å². The van der Waals surface area contributed by atoms with Gasteiger partial charge in [-0.25, -0.2) is 0 Å². The molecule has 5 atom stereocenters. The number of carbonyl (C=O) groups is 3. The molecule has 1 N–H and O–H groups in total. The van der Waals surface area contributed by atoms with Crippen LogP contribution in [-0.2, 0) is 23.9 Å². The first-order valence-corrected chi connectivity index (χ1v) is 12.4. The van der Waals surface area contributed by atoms with Gasteiger partial charge in [0.1, 0.15) is 23.2 Å². The minimum absolute atomic E-state index is 0.0277. The Morgan fingerprint density at radius 2 is 1.85 bits per heavy atom. The first-order valence-electron chi connectivity index (χ1n) is 12.4. The van der Waals surface area contributed by atoms with Crippen LogP contribution < -0.4 is 0 Å². The number of likely N-dealkylation sites (tertiary alicyclic amines) is 1. The molecule has 0 aromatic rings. The van der Waals surface area contributed by atoms with Crippen LogP contribution >= 0.6 is 0 Å². The van der Waals surface area contributed by atoms with Gasteiger partial charge in [-0.3, -0.25) is 14.4 Å². The number of esters is 1. The fourth-order valence-electron chi connectivity index (χ4n) is 6.81. The molecule has 5 aliphatic rings. The van der Waals surface area contributed by atoms with Gasteiger partial charge in [0.25, 0.3) is 0 Å². The van der Waals surface area contributed by atoms with Gasteiger partial charge in [-0.2, -0.15) is 0 Å². The highest BCUT2D eigenvalue weighted by Gasteiger charge is 2.75. The number of rotatable bonds is 4. The Morgan fingerprint density at radius 3 is 2.58 bits per heavy atom. The number of nitrogens with zero attached hydrogens (tertiary/aromatic N) is 2. The molecule has 1 saturated carbocycles. The van der Waals surface area contributed by atoms with Gasteiger partial charge in [-0.15, -0.1) is 0 Å². The molecule has 5 rings (SSSR count). The highest BCUT2D eigenvalue weighted by Crippen LogP contribution is 2.58. The quantitative estimate of drug-likeness (QED) is 0.508. The number of hydrogen-bond acceptors (Lipinski definition) is 6. The lowest BCUT2D eigenvalue weighted by Gasteiger charge is -2.40. The first kappa shape index (κ1) is 22.6. The van der Waals surface area contributed by atoms with E-state index in [1.54, 1.807) is 0 Å². The summed E-state index contributed by atoms with van der Waals surface area (Å²) >= 11 is 0. The van der Waals surface area contributed by atoms with Crippen molar-refractivity contribution in [3.8, 4) is 0 Å². The van der Waals surface area contributed by atoms with Crippen molar-refractivity contribution in [1.82, 2.24) is 9.80 Å². The molecule has 2 amide bonds. The molecule has 1 spiro atoms. The molecule has 0 aromatic carbocycles. The first-order chi connectivity index (χ1) is 16.0. The summed E-state index contributed by atoms with van der Waals surface area (Å²) in [6, 6.07) is -0.767. The van der Waals surface area contributed by atoms with Crippen molar-refractivity contribution in [3.05, 3.63) is 24.3 Å². The number of carbonyl (C=O) groups excluding carboxylic acids is 3. The van der Waals surface area contributed by atoms with E-state index in [1.165, 1.54) is 11.3 Å². The van der Waals surface area contributed by atoms with Crippen molar-refractivity contribution in [2.45, 2.75) is 75.2 Å². The number of fused-ring (bicyclic) bond motifs is 2. The largest absolute Gasteiger partial charge is 0.465 e. The Morgan fingerprint density at radius 1 is 1.06 bits per heavy atom. The summed E-state index contributed by atoms with van der Waals surface area (Å²) in [5, 5.41) is 9.75. The Bertz CT molecular complexity index is 880. The molecule has 180 valence electrons. The molecule has 3 fully saturated rings. The second-order valence-corrected chi connectivity index (χ2v) is 9.92. The maximum atomic E-state index is 14.1. The van der Waals surface area contributed by atoms with Gasteiger partial charge < -0.3 is 24.4 Å². The second-order valence-electron chi connectivity index (χ2n) is 9.92. The molecule has 4 aliphatic heterocycles. The summed E-state index contributed by atoms with van der Waals surface area (Å²) in [5.41, 5.74) is -2.27. The second kappa shape index (κ2) is 8.55. The SMILES string of the molecule is CC[C@]12C=CCCOC(=O)[C@H]1[C@H]1C(=O)N(CCO)C3C(=O)N(C4CCCCC4)CC=C[C@@]31O2. The minimum atomic E-state index is -1.26. The number of aliphatic hydroxyl groups is 1. The number of cyclic esters (lactones) is 1. The van der Waals surface area contributed by atoms with E-state index in [-0.39, 0.29) is 37.6 Å². The zero-order valence-corrected chi connectivity index (χ0v) is 19.3. The Hall–Kier alpha value is -2.19. The molecular formula is C25H34N2O6. The van der Waals surface area contributed by atoms with Crippen LogP contribution in [0.4, 0.5) is 0 Å². The summed E-state index contributed by atoms with van der Waals surface area (Å²) in [5.74, 6) is -2.61. The fourth-order valence-corrected chi connectivity index (χ4v) is 6.81. The summed E-state index contributed by atoms with van der Waals surface area (Å²) in [6.07, 6.45) is 14.0. The third-order valence-electron chi connectivity index (χ3n) is 8.29. The average molecular weight is 459 g/mol. The van der Waals surface area contributed by atoms with E-state index in [1.807, 2.05) is 36.1 Å². The normalized spacial score (nSPS) is 39.0. The molecule has 4 heterocycles. The van der Waals surface area contributed by atoms with E-state index in [4.69, 9.17) is 9.47 Å². The van der Waals surface area contributed by atoms with Crippen LogP contribution in [0.5, 0.6) is 0 Å². The number of ether oxygens (including phenoxy) is 2. The highest BCUT2D eigenvalue weighted by molar-refractivity contribution is 5.99. The van der Waals surface area contributed by atoms with Crippen LogP contribution in [0.2, 0.25) is 0 Å². The molecule has 1 aliphatic carbocycles. The van der Waals surface area contributed by atoms with E-state index in [0.717, 1.165) is 25.7 Å². The summed E-state index contributed by atoms with van der Waals surface area (Å²) in [7, 11) is 0. The fraction of sp³-hybridized carbons (Fsp3) is 0.720. The molecule has 0 aromatic heterocycles. The van der Waals surface area contributed by atoms with E-state index in [0.29, 0.717) is 19.4 Å². The summed E-state index contributed by atoms with van der Waals surface area (Å²) in [6.45, 7) is 2.42. The van der Waals surface area contributed by atoms with E-state index in [2.05, 4.69) is 0 Å². The Labute approximate surface area is 194 Å². The number of β-amino-alcohol motifs (C(OH)–C–C–N with tert-alkyl or cyclic N) is 1. The maximum absolute atomic E-state index is 14.1. The van der Waals surface area contributed by atoms with Crippen LogP contribution in [0.15, 0.2) is 24.3 Å². The standard InChI is InChI=1S/C25H34N2O6/c1-2-24-11-6-7-16-32-23(31)19(24)18-21(29)27(14-15-28)20-22(30)26(17-9-4-3-5-10-17)13-8-12-25(18,20)33-24/h6,8,11-12,17-20,28H,2-5,7,9-10,13-16H2,1H3/t18-,19+,20?,24-,25-/m0/s1. The number of hydrogen-bond donors (Lipinski definition) is 1. The van der Waals surface area contributed by atoms with Crippen molar-refractivity contribution in [3.63, 3.8) is 0 Å². The average Bonchev–Trinajstić information content (AvgIpc) is 3.15. The minimum Gasteiger partial charge on any atom is -0.465 e. The lowest BCUT2D eigenvalue weighted by Crippen LogP contribution is -2.58. The highest BCUT2D eigenvalue weighted by atomic mass is 16.6. The third-order valence-corrected chi connectivity index (χ3v) is 8.29. The molecular weight excluding hydrogens is 424 g/mol. The monoisotopic (exact) mass is 458 g/mol. The topological polar surface area (TPSA) is 96.4 Å². The van der Waals surface area contributed by atoms with Gasteiger partial charge in [0.15, 0.2) is 0 Å². The van der Waals surface area contributed by atoms with Gasteiger partial charge in [0.2, 0.25) is 11.8 Å². The van der Waals surface area contributed by atoms with Gasteiger partial charge in [0.05, 0.1) is 19.1 Å². The summed E-state index contributed by atoms with van der Waals surface area (Å²) in [4.78, 5) is 44.5. The smallest absolute Gasteiger partial charge is 0.313 e. The molecule has 2 saturated heterocycles. The summed E-state index contributed by atoms with van der Waals surface area (Å²) < 4.78 is 12.3. The van der Waals surface area contributed by atoms with Crippen LogP contribution in [-0.4, -0.2) is 82.3 Å². The number of aliphatic hydroxyl groups excluding tert-OH is 1. The van der Waals surface area contributed by atoms with Crippen LogP contribution in [0.1, 0.15) is 51.9 Å². The zero-order valence-electron chi connectivity index (χ0n) is 19.3. The predicted octanol–water partition coefficient (Wildman–Crippen LogP) is 1.57. The Kier molecular flexibility index (Phi) is 5.85. The van der Waals surface area contributed by atoms with Crippen molar-refractivity contribution >= 4 is 17.8 Å². The molecule has 0 bridgehead atoms. The van der Waals surface area contributed by atoms with Gasteiger partial charge in [0, 0.05) is 19.1 Å². The molecule has 1 unspecified atom stereocenters. The molecule has 33 heavy (non-hydrogen) atoms. The lowest BCUT2D eigenvalue weighted by molar-refractivity contribution is -0.162. The maximum Gasteiger partial charge on any atom is 0.313 e. The lowest BCUT2D eigenvalue weighted by atomic mass is 9.73. The predicted molar refractivity (Wildman–Crippen MR) is 119 cm³/mol. The molecule has 8 nitrogen and oxygen atoms in total. The van der Waals surface area contributed by atoms with Crippen molar-refractivity contribution in [2.24, 2.45) is 11.8 Å². The van der Waals surface area contributed by atoms with Crippen LogP contribution in [0.3, 0.4) is 0 Å². The molecule has 8 heteroatoms. The molecule has 0 radical (unpaired) electrons. The Balaban J connectivity index is 1.62. The van der Waals surface area contributed by atoms with Gasteiger partial charge >= 0.3 is 5.97 Å². The van der Waals surface area contributed by atoms with Crippen LogP contribution in [0, 0.1) is 11.8 Å². The zero-order chi connectivity index (χ0) is 23.2. The number of amides is 2. The van der Waals surface area contributed by atoms with E-state index < -0.39 is 35.0 Å². The van der Waals surface area contributed by atoms with E-state index >= 15 is 0 Å². The van der Waals surface area contributed by atoms with Crippen molar-refractivity contribution in [1.29, 1.82) is 0 Å². The van der Waals surface area contributed by atoms with Crippen molar-refractivity contribution in [2.75, 3.05) is 26.3 Å². The van der Waals surface area contributed by atoms with Gasteiger partial charge in [-0.05, 0) is 25.7 Å². The van der Waals surface area contributed by atoms with Crippen molar-refractivity contribution < 1.29 is 29.0 Å². The van der Waals surface area contributed by atoms with E-state index in [9.17, 15) is 19.5 Å². The third kappa shape index (κ3) is 3.28. The van der Waals surface area contributed by atoms with Crippen LogP contribution in [0.25, 0.3) is 0 Å².